The van der Waals surface area contributed by atoms with E-state index < -0.39 is 29.1 Å². The van der Waals surface area contributed by atoms with E-state index in [0.717, 1.165) is 11.0 Å². The van der Waals surface area contributed by atoms with E-state index >= 15 is 0 Å². The molecule has 0 aromatic heterocycles. The van der Waals surface area contributed by atoms with Gasteiger partial charge in [0.1, 0.15) is 23.7 Å². The van der Waals surface area contributed by atoms with Crippen LogP contribution in [0.5, 0.6) is 0 Å². The highest BCUT2D eigenvalue weighted by Gasteiger charge is 2.25. The Morgan fingerprint density at radius 3 is 2.45 bits per heavy atom. The molecule has 0 fully saturated rings. The van der Waals surface area contributed by atoms with Crippen molar-refractivity contribution in [2.24, 2.45) is 0 Å². The first-order valence-corrected chi connectivity index (χ1v) is 6.31. The second-order valence-corrected chi connectivity index (χ2v) is 4.18. The van der Waals surface area contributed by atoms with Crippen LogP contribution in [0.2, 0.25) is 0 Å². The van der Waals surface area contributed by atoms with Crippen LogP contribution in [-0.2, 0) is 9.53 Å². The summed E-state index contributed by atoms with van der Waals surface area (Å²) in [5.74, 6) is -3.33. The van der Waals surface area contributed by atoms with E-state index in [4.69, 9.17) is 4.74 Å². The van der Waals surface area contributed by atoms with Crippen LogP contribution in [0.3, 0.4) is 0 Å². The molecule has 0 unspecified atom stereocenters. The molecule has 0 spiro atoms. The highest BCUT2D eigenvalue weighted by Crippen LogP contribution is 2.18. The molecule has 1 rings (SSSR count). The summed E-state index contributed by atoms with van der Waals surface area (Å²) in [6, 6.07) is 2.28. The summed E-state index contributed by atoms with van der Waals surface area (Å²) in [5.41, 5.74) is -0.474. The Bertz CT molecular complexity index is 517. The van der Waals surface area contributed by atoms with Crippen molar-refractivity contribution in [3.63, 3.8) is 0 Å². The number of nitrogens with zero attached hydrogens (tertiary/aromatic N) is 1. The number of likely N-dealkylation sites (N-methyl/N-ethyl adjacent to an activating group) is 1. The standard InChI is InChI=1S/C14H17F2NO3/c1-4-17(8-11(18)20-5-2)14(19)12-10(15)7-6-9(3)13(12)16/h6-7H,4-5,8H2,1-3H3. The molecule has 110 valence electrons. The van der Waals surface area contributed by atoms with E-state index in [2.05, 4.69) is 0 Å². The van der Waals surface area contributed by atoms with Gasteiger partial charge in [-0.3, -0.25) is 9.59 Å². The van der Waals surface area contributed by atoms with Gasteiger partial charge in [-0.1, -0.05) is 6.07 Å². The summed E-state index contributed by atoms with van der Waals surface area (Å²) in [5, 5.41) is 0. The first-order chi connectivity index (χ1) is 9.42. The summed E-state index contributed by atoms with van der Waals surface area (Å²) in [7, 11) is 0. The Morgan fingerprint density at radius 2 is 1.90 bits per heavy atom. The minimum atomic E-state index is -0.944. The van der Waals surface area contributed by atoms with Crippen molar-refractivity contribution in [2.75, 3.05) is 19.7 Å². The van der Waals surface area contributed by atoms with Crippen LogP contribution < -0.4 is 0 Å². The maximum Gasteiger partial charge on any atom is 0.325 e. The highest BCUT2D eigenvalue weighted by molar-refractivity contribution is 5.96. The molecule has 0 bridgehead atoms. The van der Waals surface area contributed by atoms with Gasteiger partial charge in [0.25, 0.3) is 5.91 Å². The first kappa shape index (κ1) is 16.1. The first-order valence-electron chi connectivity index (χ1n) is 6.31. The minimum Gasteiger partial charge on any atom is -0.465 e. The third kappa shape index (κ3) is 3.53. The fraction of sp³-hybridized carbons (Fsp3) is 0.429. The Hall–Kier alpha value is -1.98. The quantitative estimate of drug-likeness (QED) is 0.780. The fourth-order valence-electron chi connectivity index (χ4n) is 1.70. The molecule has 0 radical (unpaired) electrons. The molecule has 0 N–H and O–H groups in total. The summed E-state index contributed by atoms with van der Waals surface area (Å²) < 4.78 is 32.3. The van der Waals surface area contributed by atoms with E-state index in [-0.39, 0.29) is 25.3 Å². The lowest BCUT2D eigenvalue weighted by molar-refractivity contribution is -0.143. The topological polar surface area (TPSA) is 46.6 Å². The summed E-state index contributed by atoms with van der Waals surface area (Å²) in [4.78, 5) is 24.6. The van der Waals surface area contributed by atoms with Gasteiger partial charge < -0.3 is 9.64 Å². The number of amides is 1. The number of hydrogen-bond acceptors (Lipinski definition) is 3. The lowest BCUT2D eigenvalue weighted by Gasteiger charge is -2.20. The largest absolute Gasteiger partial charge is 0.465 e. The number of rotatable bonds is 5. The maximum atomic E-state index is 13.9. The Balaban J connectivity index is 3.03. The molecular formula is C14H17F2NO3. The zero-order valence-electron chi connectivity index (χ0n) is 11.7. The molecule has 0 saturated heterocycles. The molecule has 0 aliphatic carbocycles. The third-order valence-electron chi connectivity index (χ3n) is 2.79. The second-order valence-electron chi connectivity index (χ2n) is 4.18. The average Bonchev–Trinajstić information content (AvgIpc) is 2.41. The molecule has 0 aliphatic heterocycles. The molecule has 0 saturated carbocycles. The summed E-state index contributed by atoms with van der Waals surface area (Å²) >= 11 is 0. The van der Waals surface area contributed by atoms with Crippen molar-refractivity contribution in [1.29, 1.82) is 0 Å². The fourth-order valence-corrected chi connectivity index (χ4v) is 1.70. The molecule has 4 nitrogen and oxygen atoms in total. The third-order valence-corrected chi connectivity index (χ3v) is 2.79. The van der Waals surface area contributed by atoms with Gasteiger partial charge in [0.15, 0.2) is 0 Å². The molecule has 20 heavy (non-hydrogen) atoms. The normalized spacial score (nSPS) is 10.2. The van der Waals surface area contributed by atoms with Gasteiger partial charge in [0.05, 0.1) is 6.61 Å². The maximum absolute atomic E-state index is 13.9. The zero-order chi connectivity index (χ0) is 15.3. The van der Waals surface area contributed by atoms with Crippen molar-refractivity contribution >= 4 is 11.9 Å². The lowest BCUT2D eigenvalue weighted by atomic mass is 10.1. The zero-order valence-corrected chi connectivity index (χ0v) is 11.7. The number of benzene rings is 1. The number of halogens is 2. The van der Waals surface area contributed by atoms with Crippen LogP contribution in [0.1, 0.15) is 29.8 Å². The number of carbonyl (C=O) groups excluding carboxylic acids is 2. The molecular weight excluding hydrogens is 268 g/mol. The summed E-state index contributed by atoms with van der Waals surface area (Å²) in [6.45, 7) is 4.67. The van der Waals surface area contributed by atoms with Crippen LogP contribution in [0.15, 0.2) is 12.1 Å². The Morgan fingerprint density at radius 1 is 1.25 bits per heavy atom. The molecule has 1 aromatic carbocycles. The van der Waals surface area contributed by atoms with Crippen LogP contribution in [0.4, 0.5) is 8.78 Å². The van der Waals surface area contributed by atoms with Gasteiger partial charge >= 0.3 is 5.97 Å². The number of esters is 1. The Labute approximate surface area is 116 Å². The van der Waals surface area contributed by atoms with Gasteiger partial charge in [-0.25, -0.2) is 8.78 Å². The number of hydrogen-bond donors (Lipinski definition) is 0. The van der Waals surface area contributed by atoms with Crippen LogP contribution in [0.25, 0.3) is 0 Å². The molecule has 6 heteroatoms. The van der Waals surface area contributed by atoms with Gasteiger partial charge in [-0.05, 0) is 32.4 Å². The van der Waals surface area contributed by atoms with E-state index in [0.29, 0.717) is 0 Å². The van der Waals surface area contributed by atoms with Crippen LogP contribution in [0, 0.1) is 18.6 Å². The van der Waals surface area contributed by atoms with Gasteiger partial charge in [0, 0.05) is 6.54 Å². The van der Waals surface area contributed by atoms with Crippen LogP contribution >= 0.6 is 0 Å². The molecule has 1 aromatic rings. The van der Waals surface area contributed by atoms with E-state index in [9.17, 15) is 18.4 Å². The SMILES string of the molecule is CCOC(=O)CN(CC)C(=O)c1c(F)ccc(C)c1F. The molecule has 0 atom stereocenters. The highest BCUT2D eigenvalue weighted by atomic mass is 19.1. The summed E-state index contributed by atoms with van der Waals surface area (Å²) in [6.07, 6.45) is 0. The van der Waals surface area contributed by atoms with Crippen LogP contribution in [-0.4, -0.2) is 36.5 Å². The average molecular weight is 285 g/mol. The van der Waals surface area contributed by atoms with Crippen molar-refractivity contribution in [2.45, 2.75) is 20.8 Å². The van der Waals surface area contributed by atoms with Gasteiger partial charge in [0.2, 0.25) is 0 Å². The number of ether oxygens (including phenoxy) is 1. The minimum absolute atomic E-state index is 0.143. The molecule has 1 amide bonds. The van der Waals surface area contributed by atoms with Gasteiger partial charge in [-0.15, -0.1) is 0 Å². The van der Waals surface area contributed by atoms with Crippen molar-refractivity contribution < 1.29 is 23.1 Å². The van der Waals surface area contributed by atoms with Crippen molar-refractivity contribution in [3.8, 4) is 0 Å². The lowest BCUT2D eigenvalue weighted by Crippen LogP contribution is -2.37. The van der Waals surface area contributed by atoms with Gasteiger partial charge in [-0.2, -0.15) is 0 Å². The number of carbonyl (C=O) groups is 2. The van der Waals surface area contributed by atoms with Crippen molar-refractivity contribution in [1.82, 2.24) is 4.90 Å². The Kier molecular flexibility index (Phi) is 5.61. The second kappa shape index (κ2) is 6.98. The smallest absolute Gasteiger partial charge is 0.325 e. The molecule has 0 aliphatic rings. The monoisotopic (exact) mass is 285 g/mol. The van der Waals surface area contributed by atoms with Crippen molar-refractivity contribution in [3.05, 3.63) is 34.9 Å². The predicted molar refractivity (Wildman–Crippen MR) is 69.3 cm³/mol. The predicted octanol–water partition coefficient (Wildman–Crippen LogP) is 2.30. The molecule has 0 heterocycles. The van der Waals surface area contributed by atoms with E-state index in [1.165, 1.54) is 13.0 Å². The van der Waals surface area contributed by atoms with E-state index in [1.54, 1.807) is 13.8 Å². The van der Waals surface area contributed by atoms with E-state index in [1.807, 2.05) is 0 Å². The number of aryl methyl sites for hydroxylation is 1.